The minimum Gasteiger partial charge on any atom is -0.455 e. The first-order chi connectivity index (χ1) is 72.8. The van der Waals surface area contributed by atoms with Gasteiger partial charge in [0, 0.05) is 119 Å². The molecule has 0 saturated heterocycles. The monoisotopic (exact) mass is 1910 g/mol. The topological polar surface area (TPSA) is 104 Å². The number of para-hydroxylation sites is 3. The quantitative estimate of drug-likeness (QED) is 0.119. The molecule has 3 spiro atoms. The van der Waals surface area contributed by atoms with Crippen LogP contribution in [-0.4, -0.2) is 29.9 Å². The summed E-state index contributed by atoms with van der Waals surface area (Å²) in [7, 11) is 0. The molecular formula is C138H102N6O2S. The van der Waals surface area contributed by atoms with Crippen LogP contribution in [0.3, 0.4) is 0 Å². The van der Waals surface area contributed by atoms with Crippen molar-refractivity contribution in [1.29, 1.82) is 0 Å². The number of hydrogen-bond donors (Lipinski definition) is 0. The van der Waals surface area contributed by atoms with Gasteiger partial charge in [-0.15, -0.1) is 11.3 Å². The lowest BCUT2D eigenvalue weighted by atomic mass is 9.68. The third kappa shape index (κ3) is 14.9. The molecule has 6 aromatic heterocycles. The Morgan fingerprint density at radius 1 is 0.184 bits per heavy atom. The van der Waals surface area contributed by atoms with Gasteiger partial charge in [-0.25, -0.2) is 29.9 Å². The molecule has 6 heterocycles. The van der Waals surface area contributed by atoms with Gasteiger partial charge in [0.1, 0.15) is 22.3 Å². The van der Waals surface area contributed by atoms with E-state index in [0.29, 0.717) is 11.6 Å². The number of fused-ring (bicyclic) bond motifs is 24. The minimum atomic E-state index is 0.104. The molecule has 0 bridgehead atoms. The zero-order chi connectivity index (χ0) is 97.1. The van der Waals surface area contributed by atoms with E-state index < -0.39 is 0 Å². The molecule has 9 heteroatoms. The van der Waals surface area contributed by atoms with E-state index in [4.69, 9.17) is 38.7 Å². The number of hydrogen-bond acceptors (Lipinski definition) is 9. The van der Waals surface area contributed by atoms with Crippen LogP contribution < -0.4 is 0 Å². The molecule has 8 nitrogen and oxygen atoms in total. The molecular weight excluding hydrogens is 1810 g/mol. The highest BCUT2D eigenvalue weighted by Crippen LogP contribution is 2.63. The molecule has 0 N–H and O–H groups in total. The van der Waals surface area contributed by atoms with E-state index in [2.05, 4.69) is 400 Å². The van der Waals surface area contributed by atoms with Crippen molar-refractivity contribution in [3.63, 3.8) is 0 Å². The van der Waals surface area contributed by atoms with Gasteiger partial charge in [-0.1, -0.05) is 434 Å². The first-order valence-electron chi connectivity index (χ1n) is 52.4. The lowest BCUT2D eigenvalue weighted by Gasteiger charge is -2.36. The molecule has 3 saturated carbocycles. The SMILES string of the molecule is c1ccc(-c2cc(-c3ccccc3)nc(-c3ccc4oc5c(-c6cccc7c6-c6ccccc6C76CCCCC6)cccc5c4c3)n2)cc1.c1ccc(-c2cc(-c3ccccc3)nc(-c3ccc4sc5c(-c6cccc7c6-c6ccccc6C76CCCCC6)cccc5c4c3)n2)cc1.c1ccc(-c2cc(-c3ccccc3)nc(-c3cccc4c3oc3c(-c5cccc6c5-c5ccccc5C65CCCCC5)cccc34)n2)cc1. The smallest absolute Gasteiger partial charge is 0.164 e. The molecule has 24 aromatic rings. The van der Waals surface area contributed by atoms with Crippen LogP contribution in [0.5, 0.6) is 0 Å². The molecule has 30 rings (SSSR count). The summed E-state index contributed by atoms with van der Waals surface area (Å²) in [6.45, 7) is 0. The third-order valence-corrected chi connectivity index (χ3v) is 34.0. The Morgan fingerprint density at radius 3 is 0.850 bits per heavy atom. The number of rotatable bonds is 12. The van der Waals surface area contributed by atoms with Crippen LogP contribution in [0.25, 0.3) is 233 Å². The van der Waals surface area contributed by atoms with Crippen LogP contribution in [0.15, 0.2) is 446 Å². The van der Waals surface area contributed by atoms with Gasteiger partial charge in [0.2, 0.25) is 0 Å². The highest BCUT2D eigenvalue weighted by molar-refractivity contribution is 7.26. The fraction of sp³-hybridized carbons (Fsp3) is 0.130. The first kappa shape index (κ1) is 87.8. The summed E-state index contributed by atoms with van der Waals surface area (Å²) in [4.78, 5) is 30.8. The third-order valence-electron chi connectivity index (χ3n) is 32.7. The van der Waals surface area contributed by atoms with Crippen molar-refractivity contribution in [2.24, 2.45) is 0 Å². The van der Waals surface area contributed by atoms with E-state index in [1.54, 1.807) is 0 Å². The molecule has 0 unspecified atom stereocenters. The van der Waals surface area contributed by atoms with E-state index in [-0.39, 0.29) is 16.2 Å². The molecule has 3 fully saturated rings. The Kier molecular flexibility index (Phi) is 21.7. The second-order valence-electron chi connectivity index (χ2n) is 40.8. The maximum atomic E-state index is 7.02. The van der Waals surface area contributed by atoms with Gasteiger partial charge in [-0.2, -0.15) is 0 Å². The van der Waals surface area contributed by atoms with Crippen molar-refractivity contribution in [2.45, 2.75) is 113 Å². The Bertz CT molecular complexity index is 8730. The van der Waals surface area contributed by atoms with Gasteiger partial charge in [0.25, 0.3) is 0 Å². The Morgan fingerprint density at radius 2 is 0.463 bits per heavy atom. The summed E-state index contributed by atoms with van der Waals surface area (Å²) in [6, 6.07) is 156. The summed E-state index contributed by atoms with van der Waals surface area (Å²) in [5, 5.41) is 6.90. The van der Waals surface area contributed by atoms with Crippen molar-refractivity contribution < 1.29 is 8.83 Å². The number of benzene rings is 18. The zero-order valence-corrected chi connectivity index (χ0v) is 82.4. The van der Waals surface area contributed by atoms with E-state index in [1.807, 2.05) is 47.7 Å². The molecule has 0 amide bonds. The van der Waals surface area contributed by atoms with Crippen LogP contribution >= 0.6 is 11.3 Å². The highest BCUT2D eigenvalue weighted by Gasteiger charge is 2.48. The van der Waals surface area contributed by atoms with E-state index in [1.165, 1.54) is 205 Å². The van der Waals surface area contributed by atoms with Crippen LogP contribution in [0, 0.1) is 0 Å². The highest BCUT2D eigenvalue weighted by atomic mass is 32.1. The van der Waals surface area contributed by atoms with Crippen LogP contribution in [0.1, 0.15) is 130 Å². The van der Waals surface area contributed by atoms with Crippen LogP contribution in [-0.2, 0) is 16.2 Å². The van der Waals surface area contributed by atoms with Gasteiger partial charge in [0.15, 0.2) is 17.5 Å². The summed E-state index contributed by atoms with van der Waals surface area (Å²) < 4.78 is 16.4. The van der Waals surface area contributed by atoms with Crippen LogP contribution in [0.4, 0.5) is 0 Å². The Balaban J connectivity index is 0.000000107. The number of aromatic nitrogens is 6. The predicted molar refractivity (Wildman–Crippen MR) is 607 cm³/mol. The average molecular weight is 1910 g/mol. The number of furan rings is 2. The summed E-state index contributed by atoms with van der Waals surface area (Å²) >= 11 is 1.90. The van der Waals surface area contributed by atoms with Gasteiger partial charge in [0.05, 0.1) is 39.7 Å². The van der Waals surface area contributed by atoms with Crippen molar-refractivity contribution in [3.8, 4) is 168 Å². The molecule has 147 heavy (non-hydrogen) atoms. The predicted octanol–water partition coefficient (Wildman–Crippen LogP) is 37.3. The summed E-state index contributed by atoms with van der Waals surface area (Å²) in [5.74, 6) is 2.09. The maximum Gasteiger partial charge on any atom is 0.164 e. The van der Waals surface area contributed by atoms with E-state index in [9.17, 15) is 0 Å². The molecule has 6 aliphatic rings. The molecule has 6 aliphatic carbocycles. The molecule has 0 atom stereocenters. The molecule has 18 aromatic carbocycles. The fourth-order valence-corrected chi connectivity index (χ4v) is 27.2. The van der Waals surface area contributed by atoms with Gasteiger partial charge in [-0.05, 0) is 183 Å². The van der Waals surface area contributed by atoms with Crippen molar-refractivity contribution in [3.05, 3.63) is 470 Å². The molecule has 702 valence electrons. The molecule has 0 radical (unpaired) electrons. The maximum absolute atomic E-state index is 7.02. The lowest BCUT2D eigenvalue weighted by molar-refractivity contribution is 0.353. The standard InChI is InChI=1S/2C46H34N2O.C46H34N2S/c1-4-15-30(16-5-1)40-29-41(31-17-6-2-7-18-31)48-45(47-40)37-24-13-23-35-34-22-12-21-33(43(34)49-44(35)37)32-20-14-26-39-42(32)36-19-8-9-25-38(36)46(39)27-10-3-11-28-46;2*1-4-14-30(15-5-1)40-29-41(31-16-6-2-7-17-31)48-45(47-40)32-24-25-42-37(28-32)35-21-12-20-34(44(35)49-42)33-19-13-23-39-43(33)36-18-8-9-22-38(36)46(39)26-10-3-11-27-46/h1-2,4-9,12-26,29H,3,10-11,27-28H2;2*1-2,4-9,12-25,28-29H,3,10-11,26-27H2. The summed E-state index contributed by atoms with van der Waals surface area (Å²) in [6.07, 6.45) is 19.1. The van der Waals surface area contributed by atoms with Gasteiger partial charge in [-0.3, -0.25) is 0 Å². The summed E-state index contributed by atoms with van der Waals surface area (Å²) in [5.41, 5.74) is 43.5. The number of nitrogens with zero attached hydrogens (tertiary/aromatic N) is 6. The fourth-order valence-electron chi connectivity index (χ4n) is 26.0. The first-order valence-corrected chi connectivity index (χ1v) is 53.2. The van der Waals surface area contributed by atoms with E-state index >= 15 is 0 Å². The normalized spacial score (nSPS) is 14.7. The zero-order valence-electron chi connectivity index (χ0n) is 81.6. The molecule has 0 aliphatic heterocycles. The minimum absolute atomic E-state index is 0.104. The average Bonchev–Trinajstić information content (AvgIpc) is 1.55. The van der Waals surface area contributed by atoms with Crippen molar-refractivity contribution in [1.82, 2.24) is 29.9 Å². The van der Waals surface area contributed by atoms with Crippen LogP contribution in [0.2, 0.25) is 0 Å². The number of thiophene rings is 1. The van der Waals surface area contributed by atoms with Gasteiger partial charge < -0.3 is 8.83 Å². The van der Waals surface area contributed by atoms with Gasteiger partial charge >= 0.3 is 0 Å². The second-order valence-corrected chi connectivity index (χ2v) is 41.8. The Labute approximate surface area is 859 Å². The van der Waals surface area contributed by atoms with Crippen molar-refractivity contribution >= 4 is 75.4 Å². The lowest BCUT2D eigenvalue weighted by Crippen LogP contribution is -2.27. The Hall–Kier alpha value is -17.0. The van der Waals surface area contributed by atoms with Crippen molar-refractivity contribution in [2.75, 3.05) is 0 Å². The van der Waals surface area contributed by atoms with E-state index in [0.717, 1.165) is 145 Å². The second kappa shape index (κ2) is 36.4. The largest absolute Gasteiger partial charge is 0.455 e.